The first kappa shape index (κ1) is 13.7. The van der Waals surface area contributed by atoms with Crippen molar-refractivity contribution in [2.45, 2.75) is 31.0 Å². The number of nitrogens with zero attached hydrogens (tertiary/aromatic N) is 4. The summed E-state index contributed by atoms with van der Waals surface area (Å²) in [6.07, 6.45) is 4.36. The molecular weight excluding hydrogens is 258 g/mol. The molecular formula is C13H17N5S. The van der Waals surface area contributed by atoms with Gasteiger partial charge in [0, 0.05) is 24.5 Å². The van der Waals surface area contributed by atoms with Crippen molar-refractivity contribution in [3.05, 3.63) is 36.2 Å². The second-order valence-electron chi connectivity index (χ2n) is 4.07. The van der Waals surface area contributed by atoms with Crippen molar-refractivity contribution in [1.82, 2.24) is 19.9 Å². The molecule has 0 bridgehead atoms. The molecule has 0 amide bonds. The molecule has 0 saturated carbocycles. The highest BCUT2D eigenvalue weighted by atomic mass is 32.2. The molecule has 100 valence electrons. The first-order chi connectivity index (χ1) is 9.28. The summed E-state index contributed by atoms with van der Waals surface area (Å²) >= 11 is 1.61. The van der Waals surface area contributed by atoms with Crippen LogP contribution in [0.4, 0.5) is 5.82 Å². The zero-order valence-electron chi connectivity index (χ0n) is 11.1. The van der Waals surface area contributed by atoms with Crippen LogP contribution in [-0.2, 0) is 5.75 Å². The molecule has 0 aliphatic carbocycles. The molecule has 0 aromatic carbocycles. The number of aryl methyl sites for hydroxylation is 1. The smallest absolute Gasteiger partial charge is 0.141 e. The van der Waals surface area contributed by atoms with Gasteiger partial charge in [0.1, 0.15) is 18.0 Å². The monoisotopic (exact) mass is 275 g/mol. The second-order valence-corrected chi connectivity index (χ2v) is 5.07. The third-order valence-corrected chi connectivity index (χ3v) is 3.30. The van der Waals surface area contributed by atoms with Crippen molar-refractivity contribution < 1.29 is 0 Å². The van der Waals surface area contributed by atoms with Gasteiger partial charge in [-0.05, 0) is 19.4 Å². The fraction of sp³-hybridized carbons (Fsp3) is 0.385. The molecule has 0 aliphatic rings. The number of aromatic nitrogens is 4. The summed E-state index contributed by atoms with van der Waals surface area (Å²) in [6, 6.07) is 3.85. The molecule has 0 fully saturated rings. The molecule has 2 aromatic rings. The van der Waals surface area contributed by atoms with Crippen molar-refractivity contribution in [3.8, 4) is 0 Å². The molecule has 0 unspecified atom stereocenters. The number of anilines is 1. The van der Waals surface area contributed by atoms with E-state index in [1.54, 1.807) is 24.3 Å². The van der Waals surface area contributed by atoms with Crippen molar-refractivity contribution in [2.75, 3.05) is 11.9 Å². The molecule has 0 radical (unpaired) electrons. The molecule has 0 aliphatic heterocycles. The predicted octanol–water partition coefficient (Wildman–Crippen LogP) is 2.69. The van der Waals surface area contributed by atoms with E-state index in [1.807, 2.05) is 19.1 Å². The van der Waals surface area contributed by atoms with Crippen LogP contribution in [0.15, 0.2) is 29.7 Å². The Morgan fingerprint density at radius 3 is 2.95 bits per heavy atom. The van der Waals surface area contributed by atoms with Crippen LogP contribution in [0, 0.1) is 6.92 Å². The highest BCUT2D eigenvalue weighted by Crippen LogP contribution is 2.19. The summed E-state index contributed by atoms with van der Waals surface area (Å²) in [5.41, 5.74) is 0.979. The topological polar surface area (TPSA) is 63.6 Å². The number of nitrogens with one attached hydrogen (secondary N) is 1. The predicted molar refractivity (Wildman–Crippen MR) is 77.1 cm³/mol. The van der Waals surface area contributed by atoms with Gasteiger partial charge in [-0.15, -0.1) is 0 Å². The maximum atomic E-state index is 4.50. The minimum atomic E-state index is 0.708. The highest BCUT2D eigenvalue weighted by molar-refractivity contribution is 7.98. The Hall–Kier alpha value is -1.69. The minimum Gasteiger partial charge on any atom is -0.370 e. The molecule has 0 atom stereocenters. The zero-order valence-corrected chi connectivity index (χ0v) is 11.9. The van der Waals surface area contributed by atoms with Crippen LogP contribution < -0.4 is 5.32 Å². The van der Waals surface area contributed by atoms with Gasteiger partial charge in [0.25, 0.3) is 0 Å². The van der Waals surface area contributed by atoms with Gasteiger partial charge < -0.3 is 5.32 Å². The summed E-state index contributed by atoms with van der Waals surface area (Å²) in [4.78, 5) is 17.0. The van der Waals surface area contributed by atoms with E-state index in [1.165, 1.54) is 0 Å². The van der Waals surface area contributed by atoms with Gasteiger partial charge in [-0.25, -0.2) is 19.9 Å². The third-order valence-electron chi connectivity index (χ3n) is 2.36. The van der Waals surface area contributed by atoms with Crippen molar-refractivity contribution in [2.24, 2.45) is 0 Å². The molecule has 2 heterocycles. The number of rotatable bonds is 6. The standard InChI is InChI=1S/C13H17N5S/c1-3-5-15-11-7-10(2)17-12(18-11)8-19-13-4-6-14-9-16-13/h4,6-7,9H,3,5,8H2,1-2H3,(H,15,17,18). The summed E-state index contributed by atoms with van der Waals surface area (Å²) in [6.45, 7) is 5.04. The van der Waals surface area contributed by atoms with Gasteiger partial charge in [0.2, 0.25) is 0 Å². The van der Waals surface area contributed by atoms with E-state index in [9.17, 15) is 0 Å². The van der Waals surface area contributed by atoms with Gasteiger partial charge in [0.15, 0.2) is 0 Å². The van der Waals surface area contributed by atoms with Crippen molar-refractivity contribution >= 4 is 17.6 Å². The van der Waals surface area contributed by atoms with E-state index < -0.39 is 0 Å². The lowest BCUT2D eigenvalue weighted by Gasteiger charge is -2.07. The van der Waals surface area contributed by atoms with Crippen LogP contribution in [0.1, 0.15) is 24.9 Å². The molecule has 0 saturated heterocycles. The Morgan fingerprint density at radius 2 is 2.21 bits per heavy atom. The Labute approximate surface area is 117 Å². The Kier molecular flexibility index (Phi) is 5.09. The van der Waals surface area contributed by atoms with Crippen LogP contribution in [0.5, 0.6) is 0 Å². The summed E-state index contributed by atoms with van der Waals surface area (Å²) in [7, 11) is 0. The molecule has 5 nitrogen and oxygen atoms in total. The van der Waals surface area contributed by atoms with Crippen LogP contribution in [0.2, 0.25) is 0 Å². The molecule has 0 spiro atoms. The molecule has 2 rings (SSSR count). The average molecular weight is 275 g/mol. The van der Waals surface area contributed by atoms with E-state index in [-0.39, 0.29) is 0 Å². The van der Waals surface area contributed by atoms with Crippen molar-refractivity contribution in [3.63, 3.8) is 0 Å². The highest BCUT2D eigenvalue weighted by Gasteiger charge is 2.03. The zero-order chi connectivity index (χ0) is 13.5. The third kappa shape index (κ3) is 4.48. The minimum absolute atomic E-state index is 0.708. The molecule has 6 heteroatoms. The first-order valence-corrected chi connectivity index (χ1v) is 7.23. The van der Waals surface area contributed by atoms with E-state index in [4.69, 9.17) is 0 Å². The van der Waals surface area contributed by atoms with Crippen LogP contribution >= 0.6 is 11.8 Å². The summed E-state index contributed by atoms with van der Waals surface area (Å²) in [5, 5.41) is 4.22. The van der Waals surface area contributed by atoms with Crippen LogP contribution in [-0.4, -0.2) is 26.5 Å². The number of hydrogen-bond donors (Lipinski definition) is 1. The average Bonchev–Trinajstić information content (AvgIpc) is 2.43. The summed E-state index contributed by atoms with van der Waals surface area (Å²) < 4.78 is 0. The molecule has 19 heavy (non-hydrogen) atoms. The van der Waals surface area contributed by atoms with Gasteiger partial charge in [0.05, 0.1) is 10.8 Å². The lowest BCUT2D eigenvalue weighted by Crippen LogP contribution is -2.05. The maximum absolute atomic E-state index is 4.50. The number of hydrogen-bond acceptors (Lipinski definition) is 6. The van der Waals surface area contributed by atoms with Gasteiger partial charge >= 0.3 is 0 Å². The van der Waals surface area contributed by atoms with Gasteiger partial charge in [-0.3, -0.25) is 0 Å². The van der Waals surface area contributed by atoms with Crippen molar-refractivity contribution in [1.29, 1.82) is 0 Å². The fourth-order valence-corrected chi connectivity index (χ4v) is 2.23. The Bertz CT molecular complexity index is 518. The first-order valence-electron chi connectivity index (χ1n) is 6.25. The van der Waals surface area contributed by atoms with E-state index >= 15 is 0 Å². The lowest BCUT2D eigenvalue weighted by atomic mass is 10.4. The maximum Gasteiger partial charge on any atom is 0.141 e. The van der Waals surface area contributed by atoms with E-state index in [2.05, 4.69) is 32.2 Å². The van der Waals surface area contributed by atoms with Crippen LogP contribution in [0.25, 0.3) is 0 Å². The molecule has 2 aromatic heterocycles. The van der Waals surface area contributed by atoms with E-state index in [0.717, 1.165) is 35.3 Å². The normalized spacial score (nSPS) is 10.4. The largest absolute Gasteiger partial charge is 0.370 e. The van der Waals surface area contributed by atoms with Crippen LogP contribution in [0.3, 0.4) is 0 Å². The lowest BCUT2D eigenvalue weighted by molar-refractivity contribution is 0.939. The van der Waals surface area contributed by atoms with E-state index in [0.29, 0.717) is 5.75 Å². The molecule has 1 N–H and O–H groups in total. The SMILES string of the molecule is CCCNc1cc(C)nc(CSc2ccncn2)n1. The second kappa shape index (κ2) is 7.04. The number of thioether (sulfide) groups is 1. The Balaban J connectivity index is 2.01. The van der Waals surface area contributed by atoms with Gasteiger partial charge in [-0.2, -0.15) is 0 Å². The van der Waals surface area contributed by atoms with Gasteiger partial charge in [-0.1, -0.05) is 18.7 Å². The quantitative estimate of drug-likeness (QED) is 0.646. The fourth-order valence-electron chi connectivity index (χ4n) is 1.54. The Morgan fingerprint density at radius 1 is 1.32 bits per heavy atom. The summed E-state index contributed by atoms with van der Waals surface area (Å²) in [5.74, 6) is 2.43.